The van der Waals surface area contributed by atoms with Crippen LogP contribution >= 0.6 is 0 Å². The van der Waals surface area contributed by atoms with Crippen LogP contribution < -0.4 is 10.1 Å². The van der Waals surface area contributed by atoms with Gasteiger partial charge in [-0.05, 0) is 31.9 Å². The summed E-state index contributed by atoms with van der Waals surface area (Å²) in [4.78, 5) is 2.49. The second kappa shape index (κ2) is 4.71. The lowest BCUT2D eigenvalue weighted by molar-refractivity contribution is -0.0376. The van der Waals surface area contributed by atoms with Crippen molar-refractivity contribution < 1.29 is 4.74 Å². The molecule has 19 heavy (non-hydrogen) atoms. The Kier molecular flexibility index (Phi) is 3.17. The Balaban J connectivity index is 1.56. The van der Waals surface area contributed by atoms with Crippen LogP contribution in [0.5, 0.6) is 5.75 Å². The van der Waals surface area contributed by atoms with Gasteiger partial charge in [0.25, 0.3) is 0 Å². The van der Waals surface area contributed by atoms with Gasteiger partial charge in [0.2, 0.25) is 0 Å². The maximum Gasteiger partial charge on any atom is 0.121 e. The first-order valence-electron chi connectivity index (χ1n) is 7.29. The number of benzene rings is 1. The summed E-state index contributed by atoms with van der Waals surface area (Å²) in [7, 11) is 0. The van der Waals surface area contributed by atoms with Crippen molar-refractivity contribution in [1.29, 1.82) is 0 Å². The van der Waals surface area contributed by atoms with Gasteiger partial charge >= 0.3 is 0 Å². The lowest BCUT2D eigenvalue weighted by Crippen LogP contribution is -2.59. The van der Waals surface area contributed by atoms with Crippen LogP contribution in [0.2, 0.25) is 0 Å². The molecule has 0 radical (unpaired) electrons. The fourth-order valence-corrected chi connectivity index (χ4v) is 3.01. The summed E-state index contributed by atoms with van der Waals surface area (Å²) < 4.78 is 6.00. The third-order valence-electron chi connectivity index (χ3n) is 4.28. The van der Waals surface area contributed by atoms with Gasteiger partial charge in [-0.15, -0.1) is 0 Å². The molecule has 0 spiro atoms. The van der Waals surface area contributed by atoms with Gasteiger partial charge in [0.1, 0.15) is 5.75 Å². The molecular weight excluding hydrogens is 236 g/mol. The summed E-state index contributed by atoms with van der Waals surface area (Å²) in [5, 5.41) is 3.40. The van der Waals surface area contributed by atoms with Crippen LogP contribution in [0, 0.1) is 5.41 Å². The zero-order valence-corrected chi connectivity index (χ0v) is 12.2. The lowest BCUT2D eigenvalue weighted by atomic mass is 9.82. The van der Waals surface area contributed by atoms with Crippen LogP contribution in [0.3, 0.4) is 0 Å². The van der Waals surface area contributed by atoms with E-state index in [4.69, 9.17) is 4.74 Å². The molecule has 0 bridgehead atoms. The largest absolute Gasteiger partial charge is 0.493 e. The standard InChI is InChI=1S/C16H24N2O/c1-12(2)18-9-16(3,10-18)11-19-14-5-4-13-6-7-17-15(13)8-14/h4-5,8,12,17H,6-7,9-11H2,1-3H3. The van der Waals surface area contributed by atoms with E-state index in [0.29, 0.717) is 11.5 Å². The molecule has 3 nitrogen and oxygen atoms in total. The van der Waals surface area contributed by atoms with E-state index in [1.165, 1.54) is 11.3 Å². The van der Waals surface area contributed by atoms with Crippen molar-refractivity contribution >= 4 is 5.69 Å². The first-order chi connectivity index (χ1) is 9.06. The van der Waals surface area contributed by atoms with Crippen LogP contribution in [-0.2, 0) is 6.42 Å². The molecule has 1 aromatic carbocycles. The minimum absolute atomic E-state index is 0.316. The third kappa shape index (κ3) is 2.57. The average molecular weight is 260 g/mol. The molecule has 2 heterocycles. The number of hydrogen-bond acceptors (Lipinski definition) is 3. The number of hydrogen-bond donors (Lipinski definition) is 1. The number of likely N-dealkylation sites (tertiary alicyclic amines) is 1. The number of ether oxygens (including phenoxy) is 1. The molecule has 1 N–H and O–H groups in total. The van der Waals surface area contributed by atoms with E-state index in [1.807, 2.05) is 0 Å². The Bertz CT molecular complexity index is 464. The first-order valence-corrected chi connectivity index (χ1v) is 7.29. The Morgan fingerprint density at radius 3 is 2.89 bits per heavy atom. The van der Waals surface area contributed by atoms with Gasteiger partial charge in [-0.2, -0.15) is 0 Å². The highest BCUT2D eigenvalue weighted by Crippen LogP contribution is 2.33. The maximum absolute atomic E-state index is 6.00. The summed E-state index contributed by atoms with van der Waals surface area (Å²) in [5.41, 5.74) is 2.98. The van der Waals surface area contributed by atoms with Crippen molar-refractivity contribution in [2.75, 3.05) is 31.6 Å². The molecule has 0 aliphatic carbocycles. The van der Waals surface area contributed by atoms with Gasteiger partial charge in [0.15, 0.2) is 0 Å². The van der Waals surface area contributed by atoms with Crippen molar-refractivity contribution in [2.45, 2.75) is 33.2 Å². The summed E-state index contributed by atoms with van der Waals surface area (Å²) in [6, 6.07) is 7.09. The molecule has 1 aromatic rings. The molecule has 0 amide bonds. The maximum atomic E-state index is 6.00. The Morgan fingerprint density at radius 1 is 1.37 bits per heavy atom. The summed E-state index contributed by atoms with van der Waals surface area (Å²) in [6.45, 7) is 11.0. The molecule has 2 aliphatic heterocycles. The molecule has 0 saturated carbocycles. The van der Waals surface area contributed by atoms with Crippen LogP contribution in [0.1, 0.15) is 26.3 Å². The monoisotopic (exact) mass is 260 g/mol. The molecule has 104 valence electrons. The second-order valence-electron chi connectivity index (χ2n) is 6.59. The average Bonchev–Trinajstić information content (AvgIpc) is 2.80. The van der Waals surface area contributed by atoms with Crippen molar-refractivity contribution in [3.8, 4) is 5.75 Å². The number of nitrogens with zero attached hydrogens (tertiary/aromatic N) is 1. The predicted molar refractivity (Wildman–Crippen MR) is 78.9 cm³/mol. The van der Waals surface area contributed by atoms with E-state index in [9.17, 15) is 0 Å². The van der Waals surface area contributed by atoms with E-state index in [1.54, 1.807) is 0 Å². The fraction of sp³-hybridized carbons (Fsp3) is 0.625. The van der Waals surface area contributed by atoms with E-state index in [2.05, 4.69) is 49.2 Å². The van der Waals surface area contributed by atoms with Gasteiger partial charge in [0, 0.05) is 42.8 Å². The van der Waals surface area contributed by atoms with Crippen LogP contribution in [0.25, 0.3) is 0 Å². The van der Waals surface area contributed by atoms with Crippen molar-refractivity contribution in [1.82, 2.24) is 4.90 Å². The molecule has 1 fully saturated rings. The smallest absolute Gasteiger partial charge is 0.121 e. The summed E-state index contributed by atoms with van der Waals surface area (Å²) in [6.07, 6.45) is 1.14. The quantitative estimate of drug-likeness (QED) is 0.901. The zero-order chi connectivity index (χ0) is 13.5. The van der Waals surface area contributed by atoms with E-state index < -0.39 is 0 Å². The van der Waals surface area contributed by atoms with Crippen LogP contribution in [0.4, 0.5) is 5.69 Å². The highest BCUT2D eigenvalue weighted by molar-refractivity contribution is 5.58. The second-order valence-corrected chi connectivity index (χ2v) is 6.59. The van der Waals surface area contributed by atoms with Crippen LogP contribution in [0.15, 0.2) is 18.2 Å². The predicted octanol–water partition coefficient (Wildman–Crippen LogP) is 2.76. The Morgan fingerprint density at radius 2 is 2.16 bits per heavy atom. The fourth-order valence-electron chi connectivity index (χ4n) is 3.01. The van der Waals surface area contributed by atoms with Gasteiger partial charge < -0.3 is 10.1 Å². The van der Waals surface area contributed by atoms with Gasteiger partial charge in [-0.3, -0.25) is 4.90 Å². The number of anilines is 1. The van der Waals surface area contributed by atoms with E-state index in [-0.39, 0.29) is 0 Å². The molecule has 0 aromatic heterocycles. The van der Waals surface area contributed by atoms with E-state index >= 15 is 0 Å². The number of fused-ring (bicyclic) bond motifs is 1. The molecule has 0 unspecified atom stereocenters. The SMILES string of the molecule is CC(C)N1CC(C)(COc2ccc3c(c2)NCC3)C1. The lowest BCUT2D eigenvalue weighted by Gasteiger charge is -2.49. The topological polar surface area (TPSA) is 24.5 Å². The Labute approximate surface area is 115 Å². The highest BCUT2D eigenvalue weighted by atomic mass is 16.5. The molecule has 2 aliphatic rings. The third-order valence-corrected chi connectivity index (χ3v) is 4.28. The number of rotatable bonds is 4. The van der Waals surface area contributed by atoms with E-state index in [0.717, 1.165) is 38.4 Å². The van der Waals surface area contributed by atoms with Crippen molar-refractivity contribution in [3.63, 3.8) is 0 Å². The van der Waals surface area contributed by atoms with Crippen molar-refractivity contribution in [3.05, 3.63) is 23.8 Å². The van der Waals surface area contributed by atoms with Gasteiger partial charge in [0.05, 0.1) is 6.61 Å². The molecule has 3 heteroatoms. The summed E-state index contributed by atoms with van der Waals surface area (Å²) >= 11 is 0. The highest BCUT2D eigenvalue weighted by Gasteiger charge is 2.40. The molecule has 0 atom stereocenters. The van der Waals surface area contributed by atoms with Gasteiger partial charge in [-0.25, -0.2) is 0 Å². The van der Waals surface area contributed by atoms with Crippen LogP contribution in [-0.4, -0.2) is 37.2 Å². The normalized spacial score (nSPS) is 20.8. The van der Waals surface area contributed by atoms with Gasteiger partial charge in [-0.1, -0.05) is 13.0 Å². The molecule has 1 saturated heterocycles. The first kappa shape index (κ1) is 12.8. The zero-order valence-electron chi connectivity index (χ0n) is 12.2. The minimum Gasteiger partial charge on any atom is -0.493 e. The summed E-state index contributed by atoms with van der Waals surface area (Å²) in [5.74, 6) is 0.998. The minimum atomic E-state index is 0.316. The molecular formula is C16H24N2O. The Hall–Kier alpha value is -1.22. The van der Waals surface area contributed by atoms with Crippen molar-refractivity contribution in [2.24, 2.45) is 5.41 Å². The number of nitrogens with one attached hydrogen (secondary N) is 1. The molecule has 3 rings (SSSR count).